The summed E-state index contributed by atoms with van der Waals surface area (Å²) < 4.78 is 14.8. The van der Waals surface area contributed by atoms with Crippen molar-refractivity contribution < 1.29 is 28.3 Å². The number of amides is 1. The van der Waals surface area contributed by atoms with Crippen LogP contribution in [0.3, 0.4) is 0 Å². The van der Waals surface area contributed by atoms with E-state index in [2.05, 4.69) is 5.32 Å². The van der Waals surface area contributed by atoms with Gasteiger partial charge in [-0.05, 0) is 26.0 Å². The highest BCUT2D eigenvalue weighted by Crippen LogP contribution is 2.09. The first kappa shape index (κ1) is 16.7. The van der Waals surface area contributed by atoms with E-state index in [0.717, 1.165) is 0 Å². The number of aryl methyl sites for hydroxylation is 1. The van der Waals surface area contributed by atoms with Crippen molar-refractivity contribution >= 4 is 17.8 Å². The molecular weight excluding hydrogens is 278 g/mol. The van der Waals surface area contributed by atoms with Crippen LogP contribution in [-0.2, 0) is 25.5 Å². The second kappa shape index (κ2) is 8.08. The van der Waals surface area contributed by atoms with Crippen LogP contribution < -0.4 is 5.32 Å². The number of carbonyl (C=O) groups excluding carboxylic acids is 3. The Morgan fingerprint density at radius 3 is 2.10 bits per heavy atom. The van der Waals surface area contributed by atoms with Crippen molar-refractivity contribution in [2.45, 2.75) is 33.2 Å². The molecule has 0 bridgehead atoms. The molecule has 0 radical (unpaired) electrons. The van der Waals surface area contributed by atoms with Gasteiger partial charge in [0.1, 0.15) is 5.76 Å². The maximum atomic E-state index is 12.0. The van der Waals surface area contributed by atoms with E-state index in [0.29, 0.717) is 12.2 Å². The van der Waals surface area contributed by atoms with Gasteiger partial charge in [0.15, 0.2) is 5.76 Å². The molecule has 0 aliphatic heterocycles. The topological polar surface area (TPSA) is 94.8 Å². The Bertz CT molecular complexity index is 489. The molecule has 0 aliphatic carbocycles. The summed E-state index contributed by atoms with van der Waals surface area (Å²) in [6.07, 6.45) is 0.631. The van der Waals surface area contributed by atoms with Gasteiger partial charge >= 0.3 is 11.9 Å². The first-order valence-electron chi connectivity index (χ1n) is 6.76. The summed E-state index contributed by atoms with van der Waals surface area (Å²) in [4.78, 5) is 35.4. The Balaban J connectivity index is 2.81. The van der Waals surface area contributed by atoms with Gasteiger partial charge in [-0.25, -0.2) is 9.59 Å². The van der Waals surface area contributed by atoms with Crippen molar-refractivity contribution in [3.05, 3.63) is 23.7 Å². The van der Waals surface area contributed by atoms with Gasteiger partial charge in [-0.2, -0.15) is 0 Å². The number of hydrogen-bond donors (Lipinski definition) is 1. The zero-order valence-electron chi connectivity index (χ0n) is 12.3. The van der Waals surface area contributed by atoms with E-state index in [1.165, 1.54) is 6.07 Å². The second-order valence-corrected chi connectivity index (χ2v) is 4.03. The summed E-state index contributed by atoms with van der Waals surface area (Å²) in [6, 6.07) is 1.62. The minimum Gasteiger partial charge on any atom is -0.464 e. The van der Waals surface area contributed by atoms with E-state index in [1.54, 1.807) is 19.9 Å². The van der Waals surface area contributed by atoms with Crippen LogP contribution in [0.15, 0.2) is 16.5 Å². The highest BCUT2D eigenvalue weighted by Gasteiger charge is 2.32. The smallest absolute Gasteiger partial charge is 0.340 e. The third-order valence-electron chi connectivity index (χ3n) is 2.55. The number of nitrogens with one attached hydrogen (secondary N) is 1. The van der Waals surface area contributed by atoms with E-state index < -0.39 is 23.9 Å². The monoisotopic (exact) mass is 297 g/mol. The molecule has 0 saturated heterocycles. The van der Waals surface area contributed by atoms with Crippen molar-refractivity contribution in [1.29, 1.82) is 0 Å². The van der Waals surface area contributed by atoms with Crippen LogP contribution in [0.1, 0.15) is 37.1 Å². The molecule has 1 amide bonds. The van der Waals surface area contributed by atoms with Gasteiger partial charge in [0, 0.05) is 6.42 Å². The lowest BCUT2D eigenvalue weighted by Crippen LogP contribution is -2.48. The first-order valence-corrected chi connectivity index (χ1v) is 6.76. The second-order valence-electron chi connectivity index (χ2n) is 4.03. The fourth-order valence-electron chi connectivity index (χ4n) is 1.56. The molecular formula is C14H19NO6. The van der Waals surface area contributed by atoms with Gasteiger partial charge in [0.2, 0.25) is 6.04 Å². The van der Waals surface area contributed by atoms with Gasteiger partial charge in [-0.1, -0.05) is 6.92 Å². The van der Waals surface area contributed by atoms with Crippen LogP contribution in [-0.4, -0.2) is 37.1 Å². The Kier molecular flexibility index (Phi) is 6.45. The molecule has 21 heavy (non-hydrogen) atoms. The van der Waals surface area contributed by atoms with E-state index >= 15 is 0 Å². The standard InChI is InChI=1S/C14H19NO6/c1-4-9-7-8-10(21-9)12(16)15-11(13(17)19-5-2)14(18)20-6-3/h7-8,11H,4-6H2,1-3H3,(H,15,16). The van der Waals surface area contributed by atoms with Crippen molar-refractivity contribution in [2.75, 3.05) is 13.2 Å². The number of furan rings is 1. The normalized spacial score (nSPS) is 10.3. The molecule has 1 N–H and O–H groups in total. The molecule has 0 saturated carbocycles. The van der Waals surface area contributed by atoms with E-state index in [-0.39, 0.29) is 19.0 Å². The molecule has 116 valence electrons. The predicted molar refractivity (Wildman–Crippen MR) is 72.6 cm³/mol. The minimum absolute atomic E-state index is 0.0189. The third kappa shape index (κ3) is 4.62. The average Bonchev–Trinajstić information content (AvgIpc) is 2.93. The summed E-state index contributed by atoms with van der Waals surface area (Å²) in [5, 5.41) is 2.26. The van der Waals surface area contributed by atoms with Crippen LogP contribution in [0.25, 0.3) is 0 Å². The zero-order chi connectivity index (χ0) is 15.8. The van der Waals surface area contributed by atoms with Gasteiger partial charge < -0.3 is 19.2 Å². The average molecular weight is 297 g/mol. The van der Waals surface area contributed by atoms with Crippen LogP contribution in [0, 0.1) is 0 Å². The third-order valence-corrected chi connectivity index (χ3v) is 2.55. The molecule has 1 rings (SSSR count). The Hall–Kier alpha value is -2.31. The fraction of sp³-hybridized carbons (Fsp3) is 0.500. The predicted octanol–water partition coefficient (Wildman–Crippen LogP) is 1.07. The molecule has 0 aromatic carbocycles. The van der Waals surface area contributed by atoms with Crippen LogP contribution in [0.5, 0.6) is 0 Å². The molecule has 0 unspecified atom stereocenters. The number of rotatable bonds is 7. The Labute approximate surface area is 122 Å². The van der Waals surface area contributed by atoms with E-state index in [1.807, 2.05) is 6.92 Å². The first-order chi connectivity index (χ1) is 10.0. The molecule has 7 heteroatoms. The zero-order valence-corrected chi connectivity index (χ0v) is 12.3. The molecule has 7 nitrogen and oxygen atoms in total. The van der Waals surface area contributed by atoms with Crippen molar-refractivity contribution in [2.24, 2.45) is 0 Å². The summed E-state index contributed by atoms with van der Waals surface area (Å²) >= 11 is 0. The van der Waals surface area contributed by atoms with Gasteiger partial charge in [-0.3, -0.25) is 4.79 Å². The molecule has 0 spiro atoms. The highest BCUT2D eigenvalue weighted by molar-refractivity contribution is 6.04. The number of esters is 2. The molecule has 1 aromatic heterocycles. The molecule has 1 aromatic rings. The van der Waals surface area contributed by atoms with Crippen molar-refractivity contribution in [1.82, 2.24) is 5.32 Å². The minimum atomic E-state index is -1.51. The lowest BCUT2D eigenvalue weighted by atomic mass is 10.3. The maximum absolute atomic E-state index is 12.0. The number of ether oxygens (including phenoxy) is 2. The van der Waals surface area contributed by atoms with Crippen LogP contribution >= 0.6 is 0 Å². The summed E-state index contributed by atoms with van der Waals surface area (Å²) in [6.45, 7) is 5.25. The maximum Gasteiger partial charge on any atom is 0.340 e. The fourth-order valence-corrected chi connectivity index (χ4v) is 1.56. The van der Waals surface area contributed by atoms with E-state index in [4.69, 9.17) is 13.9 Å². The summed E-state index contributed by atoms with van der Waals surface area (Å²) in [5.74, 6) is -1.77. The van der Waals surface area contributed by atoms with Gasteiger partial charge in [0.05, 0.1) is 13.2 Å². The number of carbonyl (C=O) groups is 3. The van der Waals surface area contributed by atoms with Crippen molar-refractivity contribution in [3.8, 4) is 0 Å². The lowest BCUT2D eigenvalue weighted by molar-refractivity contribution is -0.157. The lowest BCUT2D eigenvalue weighted by Gasteiger charge is -2.15. The summed E-state index contributed by atoms with van der Waals surface area (Å²) in [7, 11) is 0. The molecule has 0 fully saturated rings. The summed E-state index contributed by atoms with van der Waals surface area (Å²) in [5.41, 5.74) is 0. The van der Waals surface area contributed by atoms with E-state index in [9.17, 15) is 14.4 Å². The highest BCUT2D eigenvalue weighted by atomic mass is 16.6. The van der Waals surface area contributed by atoms with Gasteiger partial charge in [-0.15, -0.1) is 0 Å². The SMILES string of the molecule is CCOC(=O)C(NC(=O)c1ccc(CC)o1)C(=O)OCC. The van der Waals surface area contributed by atoms with Crippen molar-refractivity contribution in [3.63, 3.8) is 0 Å². The number of hydrogen-bond acceptors (Lipinski definition) is 6. The molecule has 0 atom stereocenters. The van der Waals surface area contributed by atoms with Crippen LogP contribution in [0.2, 0.25) is 0 Å². The van der Waals surface area contributed by atoms with Crippen LogP contribution in [0.4, 0.5) is 0 Å². The molecule has 0 aliphatic rings. The largest absolute Gasteiger partial charge is 0.464 e. The quantitative estimate of drug-likeness (QED) is 0.597. The Morgan fingerprint density at radius 1 is 1.10 bits per heavy atom. The van der Waals surface area contributed by atoms with Gasteiger partial charge in [0.25, 0.3) is 5.91 Å². The Morgan fingerprint density at radius 2 is 1.67 bits per heavy atom. The molecule has 1 heterocycles.